The van der Waals surface area contributed by atoms with E-state index >= 15 is 0 Å². The molecule has 1 aromatic carbocycles. The second-order valence-electron chi connectivity index (χ2n) is 7.06. The van der Waals surface area contributed by atoms with Crippen LogP contribution in [0.25, 0.3) is 0 Å². The van der Waals surface area contributed by atoms with Gasteiger partial charge < -0.3 is 14.7 Å². The Labute approximate surface area is 138 Å². The summed E-state index contributed by atoms with van der Waals surface area (Å²) in [4.78, 5) is 15.3. The highest BCUT2D eigenvalue weighted by atomic mass is 16.5. The van der Waals surface area contributed by atoms with Crippen LogP contribution in [0.3, 0.4) is 0 Å². The number of rotatable bonds is 4. The molecule has 126 valence electrons. The van der Waals surface area contributed by atoms with E-state index in [0.29, 0.717) is 6.54 Å². The molecule has 1 aromatic rings. The Morgan fingerprint density at radius 3 is 2.74 bits per heavy atom. The molecule has 3 rings (SSSR count). The van der Waals surface area contributed by atoms with Crippen molar-refractivity contribution >= 4 is 5.91 Å². The zero-order chi connectivity index (χ0) is 16.4. The highest BCUT2D eigenvalue weighted by Gasteiger charge is 2.46. The standard InChI is InChI=1S/C19H27NO3/c1-14(21)15-8-11-20(13-15)18(22)19(9-3-4-10-19)16-6-5-7-17(12-16)23-2/h5-7,12,14-15,21H,3-4,8-11,13H2,1-2H3/t14-,15-/m1/s1. The molecule has 1 aliphatic carbocycles. The zero-order valence-corrected chi connectivity index (χ0v) is 14.1. The number of nitrogens with zero attached hydrogens (tertiary/aromatic N) is 1. The topological polar surface area (TPSA) is 49.8 Å². The van der Waals surface area contributed by atoms with Gasteiger partial charge in [-0.3, -0.25) is 4.79 Å². The summed E-state index contributed by atoms with van der Waals surface area (Å²) in [6, 6.07) is 7.99. The number of likely N-dealkylation sites (tertiary alicyclic amines) is 1. The Morgan fingerprint density at radius 1 is 1.39 bits per heavy atom. The van der Waals surface area contributed by atoms with Crippen molar-refractivity contribution in [3.8, 4) is 5.75 Å². The first-order valence-corrected chi connectivity index (χ1v) is 8.69. The molecule has 0 radical (unpaired) electrons. The molecule has 0 spiro atoms. The summed E-state index contributed by atoms with van der Waals surface area (Å²) in [5.74, 6) is 1.26. The van der Waals surface area contributed by atoms with E-state index in [2.05, 4.69) is 6.07 Å². The number of benzene rings is 1. The molecule has 2 aliphatic rings. The van der Waals surface area contributed by atoms with Gasteiger partial charge in [0.05, 0.1) is 18.6 Å². The Bertz CT molecular complexity index is 563. The van der Waals surface area contributed by atoms with Crippen LogP contribution in [0.15, 0.2) is 24.3 Å². The lowest BCUT2D eigenvalue weighted by Gasteiger charge is -2.33. The van der Waals surface area contributed by atoms with E-state index in [0.717, 1.165) is 50.0 Å². The van der Waals surface area contributed by atoms with Gasteiger partial charge in [0.25, 0.3) is 0 Å². The number of amides is 1. The minimum Gasteiger partial charge on any atom is -0.497 e. The van der Waals surface area contributed by atoms with Crippen molar-refractivity contribution in [2.45, 2.75) is 50.5 Å². The zero-order valence-electron chi connectivity index (χ0n) is 14.1. The lowest BCUT2D eigenvalue weighted by Crippen LogP contribution is -2.44. The van der Waals surface area contributed by atoms with Crippen LogP contribution in [0.2, 0.25) is 0 Å². The van der Waals surface area contributed by atoms with E-state index in [9.17, 15) is 9.90 Å². The molecule has 0 aromatic heterocycles. The average Bonchev–Trinajstić information content (AvgIpc) is 3.24. The van der Waals surface area contributed by atoms with Crippen molar-refractivity contribution < 1.29 is 14.6 Å². The predicted molar refractivity (Wildman–Crippen MR) is 89.5 cm³/mol. The van der Waals surface area contributed by atoms with Crippen LogP contribution in [-0.2, 0) is 10.2 Å². The van der Waals surface area contributed by atoms with Crippen LogP contribution in [-0.4, -0.2) is 42.2 Å². The molecule has 4 nitrogen and oxygen atoms in total. The normalized spacial score (nSPS) is 24.7. The molecule has 1 saturated carbocycles. The van der Waals surface area contributed by atoms with Crippen LogP contribution in [0.1, 0.15) is 44.6 Å². The summed E-state index contributed by atoms with van der Waals surface area (Å²) in [7, 11) is 1.66. The molecule has 1 saturated heterocycles. The minimum atomic E-state index is -0.401. The van der Waals surface area contributed by atoms with Gasteiger partial charge in [0.15, 0.2) is 0 Å². The first-order valence-electron chi connectivity index (χ1n) is 8.69. The Morgan fingerprint density at radius 2 is 2.13 bits per heavy atom. The SMILES string of the molecule is COc1cccc(C2(C(=O)N3CC[C@@H]([C@@H](C)O)C3)CCCC2)c1. The lowest BCUT2D eigenvalue weighted by atomic mass is 9.77. The second-order valence-corrected chi connectivity index (χ2v) is 7.06. The summed E-state index contributed by atoms with van der Waals surface area (Å²) in [6.45, 7) is 3.27. The van der Waals surface area contributed by atoms with E-state index < -0.39 is 5.41 Å². The van der Waals surface area contributed by atoms with Gasteiger partial charge in [0, 0.05) is 19.0 Å². The highest BCUT2D eigenvalue weighted by molar-refractivity contribution is 5.89. The maximum absolute atomic E-state index is 13.3. The number of carbonyl (C=O) groups is 1. The van der Waals surface area contributed by atoms with Gasteiger partial charge in [-0.15, -0.1) is 0 Å². The summed E-state index contributed by atoms with van der Waals surface area (Å²) < 4.78 is 5.36. The molecular weight excluding hydrogens is 290 g/mol. The van der Waals surface area contributed by atoms with E-state index in [1.807, 2.05) is 30.0 Å². The van der Waals surface area contributed by atoms with Gasteiger partial charge in [-0.1, -0.05) is 25.0 Å². The highest BCUT2D eigenvalue weighted by Crippen LogP contribution is 2.44. The molecular formula is C19H27NO3. The first-order chi connectivity index (χ1) is 11.1. The smallest absolute Gasteiger partial charge is 0.233 e. The molecule has 2 atom stereocenters. The van der Waals surface area contributed by atoms with E-state index in [4.69, 9.17) is 4.74 Å². The third-order valence-corrected chi connectivity index (χ3v) is 5.68. The van der Waals surface area contributed by atoms with Crippen molar-refractivity contribution in [3.05, 3.63) is 29.8 Å². The first kappa shape index (κ1) is 16.3. The maximum atomic E-state index is 13.3. The minimum absolute atomic E-state index is 0.211. The van der Waals surface area contributed by atoms with Crippen LogP contribution in [0.4, 0.5) is 0 Å². The monoisotopic (exact) mass is 317 g/mol. The summed E-state index contributed by atoms with van der Waals surface area (Å²) in [5.41, 5.74) is 0.683. The molecule has 1 N–H and O–H groups in total. The molecule has 1 aliphatic heterocycles. The number of hydrogen-bond donors (Lipinski definition) is 1. The quantitative estimate of drug-likeness (QED) is 0.929. The number of carbonyl (C=O) groups excluding carboxylic acids is 1. The van der Waals surface area contributed by atoms with Gasteiger partial charge in [-0.05, 0) is 43.9 Å². The molecule has 4 heteroatoms. The average molecular weight is 317 g/mol. The van der Waals surface area contributed by atoms with Crippen molar-refractivity contribution in [1.29, 1.82) is 0 Å². The van der Waals surface area contributed by atoms with Crippen molar-refractivity contribution in [3.63, 3.8) is 0 Å². The van der Waals surface area contributed by atoms with E-state index in [1.165, 1.54) is 0 Å². The van der Waals surface area contributed by atoms with Crippen molar-refractivity contribution in [2.75, 3.05) is 20.2 Å². The fourth-order valence-electron chi connectivity index (χ4n) is 4.19. The van der Waals surface area contributed by atoms with Crippen LogP contribution in [0.5, 0.6) is 5.75 Å². The molecule has 0 unspecified atom stereocenters. The Kier molecular flexibility index (Phi) is 4.62. The summed E-state index contributed by atoms with van der Waals surface area (Å²) >= 11 is 0. The maximum Gasteiger partial charge on any atom is 0.233 e. The molecule has 1 amide bonds. The molecule has 23 heavy (non-hydrogen) atoms. The second kappa shape index (κ2) is 6.52. The fraction of sp³-hybridized carbons (Fsp3) is 0.632. The van der Waals surface area contributed by atoms with Gasteiger partial charge in [-0.25, -0.2) is 0 Å². The third kappa shape index (κ3) is 2.97. The number of aliphatic hydroxyl groups is 1. The van der Waals surface area contributed by atoms with Gasteiger partial charge in [-0.2, -0.15) is 0 Å². The molecule has 0 bridgehead atoms. The van der Waals surface area contributed by atoms with E-state index in [-0.39, 0.29) is 17.9 Å². The Hall–Kier alpha value is -1.55. The molecule has 2 fully saturated rings. The largest absolute Gasteiger partial charge is 0.497 e. The van der Waals surface area contributed by atoms with Gasteiger partial charge in [0.2, 0.25) is 5.91 Å². The van der Waals surface area contributed by atoms with E-state index in [1.54, 1.807) is 7.11 Å². The number of hydrogen-bond acceptors (Lipinski definition) is 3. The number of aliphatic hydroxyl groups excluding tert-OH is 1. The predicted octanol–water partition coefficient (Wildman–Crippen LogP) is 2.74. The van der Waals surface area contributed by atoms with Gasteiger partial charge in [0.1, 0.15) is 5.75 Å². The van der Waals surface area contributed by atoms with Crippen LogP contribution >= 0.6 is 0 Å². The summed E-state index contributed by atoms with van der Waals surface area (Å²) in [6.07, 6.45) is 4.57. The number of methoxy groups -OCH3 is 1. The number of ether oxygens (including phenoxy) is 1. The van der Waals surface area contributed by atoms with Gasteiger partial charge >= 0.3 is 0 Å². The lowest BCUT2D eigenvalue weighted by molar-refractivity contribution is -0.136. The van der Waals surface area contributed by atoms with Crippen LogP contribution < -0.4 is 4.74 Å². The molecule has 1 heterocycles. The Balaban J connectivity index is 1.87. The summed E-state index contributed by atoms with van der Waals surface area (Å²) in [5, 5.41) is 9.81. The van der Waals surface area contributed by atoms with Crippen molar-refractivity contribution in [2.24, 2.45) is 5.92 Å². The van der Waals surface area contributed by atoms with Crippen LogP contribution in [0, 0.1) is 5.92 Å². The fourth-order valence-corrected chi connectivity index (χ4v) is 4.19. The van der Waals surface area contributed by atoms with Crippen molar-refractivity contribution in [1.82, 2.24) is 4.90 Å². The third-order valence-electron chi connectivity index (χ3n) is 5.68.